The molecule has 33 N–H and O–H groups in total. The summed E-state index contributed by atoms with van der Waals surface area (Å²) >= 11 is 0. The average Bonchev–Trinajstić information content (AvgIpc) is 2.51. The lowest BCUT2D eigenvalue weighted by atomic mass is 10.4. The minimum Gasteiger partial charge on any atom is -0.344 e. The molecule has 0 aliphatic rings. The zero-order valence-electron chi connectivity index (χ0n) is 18.4. The number of hydrogen-bond donors (Lipinski definition) is 11. The molecular weight excluding hydrogens is 401 g/mol. The molecule has 0 spiro atoms. The van der Waals surface area contributed by atoms with Gasteiger partial charge in [0.2, 0.25) is 0 Å². The Morgan fingerprint density at radius 1 is 0.267 bits per heavy atom. The van der Waals surface area contributed by atoms with Gasteiger partial charge in [-0.2, -0.15) is 0 Å². The highest BCUT2D eigenvalue weighted by Crippen LogP contribution is 2.32. The van der Waals surface area contributed by atoms with Gasteiger partial charge in [0, 0.05) is 0 Å². The van der Waals surface area contributed by atoms with Crippen LogP contribution in [0.5, 0.6) is 0 Å². The van der Waals surface area contributed by atoms with Crippen molar-refractivity contribution in [2.24, 2.45) is 0 Å². The highest BCUT2D eigenvalue weighted by atomic mass is 31.1. The molecule has 11 nitrogen and oxygen atoms in total. The molecule has 0 heterocycles. The van der Waals surface area contributed by atoms with Crippen molar-refractivity contribution < 1.29 is 0 Å². The molecule has 0 fully saturated rings. The molecule has 0 saturated carbocycles. The van der Waals surface area contributed by atoms with Crippen molar-refractivity contribution in [3.8, 4) is 0 Å². The maximum atomic E-state index is 2.23. The highest BCUT2D eigenvalue weighted by molar-refractivity contribution is 7.79. The quantitative estimate of drug-likeness (QED) is 0.229. The molecular formula is C18H48N11P. The van der Waals surface area contributed by atoms with Gasteiger partial charge in [-0.3, -0.25) is 0 Å². The number of benzene rings is 3. The SMILES string of the molecule is N.N.N.N.N.N.N.N.N.N.N.c1ccc(P(c2ccccc2)c2ccccc2)cc1. The van der Waals surface area contributed by atoms with Crippen LogP contribution in [-0.2, 0) is 0 Å². The Labute approximate surface area is 183 Å². The van der Waals surface area contributed by atoms with E-state index >= 15 is 0 Å². The highest BCUT2D eigenvalue weighted by Gasteiger charge is 2.14. The molecule has 0 amide bonds. The first kappa shape index (κ1) is 56.5. The summed E-state index contributed by atoms with van der Waals surface area (Å²) in [4.78, 5) is 0. The van der Waals surface area contributed by atoms with E-state index in [0.717, 1.165) is 0 Å². The van der Waals surface area contributed by atoms with Crippen molar-refractivity contribution in [1.82, 2.24) is 67.7 Å². The fourth-order valence-corrected chi connectivity index (χ4v) is 4.48. The van der Waals surface area contributed by atoms with Crippen molar-refractivity contribution in [3.63, 3.8) is 0 Å². The fourth-order valence-electron chi connectivity index (χ4n) is 2.18. The molecule has 0 aliphatic heterocycles. The van der Waals surface area contributed by atoms with Crippen LogP contribution in [0.4, 0.5) is 0 Å². The van der Waals surface area contributed by atoms with Gasteiger partial charge in [-0.15, -0.1) is 0 Å². The van der Waals surface area contributed by atoms with E-state index in [9.17, 15) is 0 Å². The van der Waals surface area contributed by atoms with Crippen molar-refractivity contribution in [3.05, 3.63) is 91.0 Å². The summed E-state index contributed by atoms with van der Waals surface area (Å²) in [6, 6.07) is 32.3. The van der Waals surface area contributed by atoms with Crippen LogP contribution in [0.2, 0.25) is 0 Å². The van der Waals surface area contributed by atoms with Gasteiger partial charge in [0.25, 0.3) is 0 Å². The van der Waals surface area contributed by atoms with Gasteiger partial charge in [-0.25, -0.2) is 0 Å². The molecule has 3 aromatic rings. The maximum Gasteiger partial charge on any atom is -0.0134 e. The van der Waals surface area contributed by atoms with Crippen LogP contribution in [0.15, 0.2) is 91.0 Å². The minimum atomic E-state index is -0.446. The summed E-state index contributed by atoms with van der Waals surface area (Å²) in [5, 5.41) is 4.19. The maximum absolute atomic E-state index is 2.23. The van der Waals surface area contributed by atoms with E-state index in [2.05, 4.69) is 91.0 Å². The second-order valence-corrected chi connectivity index (χ2v) is 6.56. The van der Waals surface area contributed by atoms with Crippen LogP contribution >= 0.6 is 7.92 Å². The zero-order chi connectivity index (χ0) is 12.9. The molecule has 3 rings (SSSR count). The van der Waals surface area contributed by atoms with Crippen LogP contribution in [-0.4, -0.2) is 0 Å². The Hall–Kier alpha value is -2.35. The topological polar surface area (TPSA) is 385 Å². The Bertz CT molecular complexity index is 552. The van der Waals surface area contributed by atoms with Crippen LogP contribution in [0.25, 0.3) is 0 Å². The van der Waals surface area contributed by atoms with Crippen molar-refractivity contribution in [2.75, 3.05) is 0 Å². The number of hydrogen-bond acceptors (Lipinski definition) is 11. The molecule has 0 radical (unpaired) electrons. The second kappa shape index (κ2) is 28.9. The minimum absolute atomic E-state index is 0. The first-order valence-corrected chi connectivity index (χ1v) is 7.74. The normalized spacial score (nSPS) is 6.70. The summed E-state index contributed by atoms with van der Waals surface area (Å²) < 4.78 is 0. The van der Waals surface area contributed by atoms with Crippen molar-refractivity contribution in [1.29, 1.82) is 0 Å². The van der Waals surface area contributed by atoms with E-state index in [1.54, 1.807) is 0 Å². The standard InChI is InChI=1S/C18H15P.11H3N/c1-4-10-16(11-5-1)19(17-12-6-2-7-13-17)18-14-8-3-9-15-18;;;;;;;;;;;/h1-15H;11*1H3. The zero-order valence-corrected chi connectivity index (χ0v) is 19.3. The van der Waals surface area contributed by atoms with E-state index in [0.29, 0.717) is 0 Å². The van der Waals surface area contributed by atoms with Gasteiger partial charge in [0.1, 0.15) is 0 Å². The summed E-state index contributed by atoms with van der Waals surface area (Å²) in [5.41, 5.74) is 0. The van der Waals surface area contributed by atoms with Crippen LogP contribution in [0.1, 0.15) is 0 Å². The van der Waals surface area contributed by atoms with E-state index in [1.165, 1.54) is 15.9 Å². The lowest BCUT2D eigenvalue weighted by Gasteiger charge is -2.18. The van der Waals surface area contributed by atoms with E-state index < -0.39 is 7.92 Å². The Balaban J connectivity index is -0.0000000573. The van der Waals surface area contributed by atoms with Crippen LogP contribution in [0.3, 0.4) is 0 Å². The van der Waals surface area contributed by atoms with Gasteiger partial charge in [-0.1, -0.05) is 91.0 Å². The van der Waals surface area contributed by atoms with Crippen LogP contribution < -0.4 is 83.6 Å². The van der Waals surface area contributed by atoms with Crippen LogP contribution in [0, 0.1) is 0 Å². The predicted octanol–water partition coefficient (Wildman–Crippen LogP) is 5.23. The Kier molecular flexibility index (Phi) is 54.3. The predicted molar refractivity (Wildman–Crippen MR) is 140 cm³/mol. The molecule has 0 saturated heterocycles. The number of rotatable bonds is 3. The lowest BCUT2D eigenvalue weighted by molar-refractivity contribution is 1.74. The molecule has 0 atom stereocenters. The third-order valence-electron chi connectivity index (χ3n) is 3.04. The summed E-state index contributed by atoms with van der Waals surface area (Å²) in [6.07, 6.45) is 0. The second-order valence-electron chi connectivity index (χ2n) is 4.34. The molecule has 0 bridgehead atoms. The van der Waals surface area contributed by atoms with Gasteiger partial charge in [0.15, 0.2) is 0 Å². The fraction of sp³-hybridized carbons (Fsp3) is 0. The molecule has 3 aromatic carbocycles. The van der Waals surface area contributed by atoms with Crippen molar-refractivity contribution in [2.45, 2.75) is 0 Å². The third kappa shape index (κ3) is 13.8. The summed E-state index contributed by atoms with van der Waals surface area (Å²) in [7, 11) is -0.446. The molecule has 0 aromatic heterocycles. The summed E-state index contributed by atoms with van der Waals surface area (Å²) in [5.74, 6) is 0. The molecule has 30 heavy (non-hydrogen) atoms. The molecule has 180 valence electrons. The largest absolute Gasteiger partial charge is 0.344 e. The Morgan fingerprint density at radius 2 is 0.433 bits per heavy atom. The first-order valence-electron chi connectivity index (χ1n) is 6.40. The molecule has 12 heteroatoms. The monoisotopic (exact) mass is 449 g/mol. The Morgan fingerprint density at radius 3 is 0.600 bits per heavy atom. The average molecular weight is 450 g/mol. The van der Waals surface area contributed by atoms with Crippen molar-refractivity contribution >= 4 is 23.8 Å². The third-order valence-corrected chi connectivity index (χ3v) is 5.49. The molecule has 0 aliphatic carbocycles. The van der Waals surface area contributed by atoms with Gasteiger partial charge in [0.05, 0.1) is 0 Å². The van der Waals surface area contributed by atoms with E-state index in [-0.39, 0.29) is 67.7 Å². The van der Waals surface area contributed by atoms with Gasteiger partial charge in [-0.05, 0) is 23.8 Å². The van der Waals surface area contributed by atoms with E-state index in [4.69, 9.17) is 0 Å². The summed E-state index contributed by atoms with van der Waals surface area (Å²) in [6.45, 7) is 0. The van der Waals surface area contributed by atoms with Gasteiger partial charge < -0.3 is 67.7 Å². The molecule has 0 unspecified atom stereocenters. The first-order chi connectivity index (χ1) is 9.45. The van der Waals surface area contributed by atoms with E-state index in [1.807, 2.05) is 0 Å². The smallest absolute Gasteiger partial charge is 0.0134 e. The van der Waals surface area contributed by atoms with Gasteiger partial charge >= 0.3 is 0 Å². The lowest BCUT2D eigenvalue weighted by Crippen LogP contribution is -2.20.